The number of aliphatic hydroxyl groups is 1. The van der Waals surface area contributed by atoms with Gasteiger partial charge in [-0.15, -0.1) is 0 Å². The Morgan fingerprint density at radius 2 is 2.46 bits per heavy atom. The normalized spacial score (nSPS) is 30.1. The van der Waals surface area contributed by atoms with E-state index < -0.39 is 6.10 Å². The van der Waals surface area contributed by atoms with Gasteiger partial charge in [-0.3, -0.25) is 4.79 Å². The zero-order valence-electron chi connectivity index (χ0n) is 8.26. The Morgan fingerprint density at radius 1 is 1.77 bits per heavy atom. The van der Waals surface area contributed by atoms with E-state index in [1.165, 1.54) is 6.92 Å². The third kappa shape index (κ3) is 2.97. The first-order valence-corrected chi connectivity index (χ1v) is 4.70. The first-order valence-electron chi connectivity index (χ1n) is 4.70. The van der Waals surface area contributed by atoms with Crippen LogP contribution in [0, 0.1) is 5.41 Å². The summed E-state index contributed by atoms with van der Waals surface area (Å²) >= 11 is 0. The van der Waals surface area contributed by atoms with Crippen molar-refractivity contribution >= 4 is 5.91 Å². The monoisotopic (exact) mass is 186 g/mol. The van der Waals surface area contributed by atoms with Crippen LogP contribution < -0.4 is 10.6 Å². The molecule has 2 atom stereocenters. The van der Waals surface area contributed by atoms with E-state index in [0.29, 0.717) is 6.54 Å². The maximum absolute atomic E-state index is 11.1. The highest BCUT2D eigenvalue weighted by Crippen LogP contribution is 2.22. The van der Waals surface area contributed by atoms with Crippen molar-refractivity contribution in [2.45, 2.75) is 26.4 Å². The fourth-order valence-electron chi connectivity index (χ4n) is 1.47. The van der Waals surface area contributed by atoms with Crippen LogP contribution in [0.1, 0.15) is 20.3 Å². The summed E-state index contributed by atoms with van der Waals surface area (Å²) in [7, 11) is 0. The van der Waals surface area contributed by atoms with Crippen molar-refractivity contribution < 1.29 is 9.90 Å². The molecule has 0 spiro atoms. The van der Waals surface area contributed by atoms with Gasteiger partial charge >= 0.3 is 0 Å². The third-order valence-electron chi connectivity index (χ3n) is 2.53. The summed E-state index contributed by atoms with van der Waals surface area (Å²) in [6, 6.07) is 0. The van der Waals surface area contributed by atoms with Crippen molar-refractivity contribution in [3.05, 3.63) is 0 Å². The Morgan fingerprint density at radius 3 is 2.92 bits per heavy atom. The van der Waals surface area contributed by atoms with Crippen LogP contribution in [0.2, 0.25) is 0 Å². The topological polar surface area (TPSA) is 61.4 Å². The van der Waals surface area contributed by atoms with Gasteiger partial charge in [-0.25, -0.2) is 0 Å². The second kappa shape index (κ2) is 4.07. The molecule has 1 saturated heterocycles. The molecule has 1 aliphatic rings. The second-order valence-electron chi connectivity index (χ2n) is 4.13. The predicted molar refractivity (Wildman–Crippen MR) is 50.3 cm³/mol. The van der Waals surface area contributed by atoms with Crippen molar-refractivity contribution in [3.8, 4) is 0 Å². The number of amides is 1. The van der Waals surface area contributed by atoms with Crippen molar-refractivity contribution in [3.63, 3.8) is 0 Å². The predicted octanol–water partition coefficient (Wildman–Crippen LogP) is -0.517. The molecule has 76 valence electrons. The number of hydrogen-bond donors (Lipinski definition) is 3. The van der Waals surface area contributed by atoms with Crippen LogP contribution in [0.3, 0.4) is 0 Å². The number of hydrogen-bond acceptors (Lipinski definition) is 3. The highest BCUT2D eigenvalue weighted by atomic mass is 16.3. The largest absolute Gasteiger partial charge is 0.384 e. The van der Waals surface area contributed by atoms with Gasteiger partial charge in [-0.2, -0.15) is 0 Å². The van der Waals surface area contributed by atoms with E-state index in [0.717, 1.165) is 19.5 Å². The SMILES string of the molecule is C[C@H](O)C(=O)NCC1(C)CCNC1. The molecule has 1 aliphatic heterocycles. The van der Waals surface area contributed by atoms with Crippen molar-refractivity contribution in [2.24, 2.45) is 5.41 Å². The smallest absolute Gasteiger partial charge is 0.248 e. The summed E-state index contributed by atoms with van der Waals surface area (Å²) in [4.78, 5) is 11.1. The Bertz CT molecular complexity index is 186. The van der Waals surface area contributed by atoms with Gasteiger partial charge in [0.15, 0.2) is 0 Å². The van der Waals surface area contributed by atoms with E-state index in [1.807, 2.05) is 0 Å². The molecule has 0 aliphatic carbocycles. The number of rotatable bonds is 3. The molecule has 3 N–H and O–H groups in total. The third-order valence-corrected chi connectivity index (χ3v) is 2.53. The molecule has 0 aromatic carbocycles. The van der Waals surface area contributed by atoms with E-state index in [4.69, 9.17) is 5.11 Å². The van der Waals surface area contributed by atoms with Crippen LogP contribution in [0.15, 0.2) is 0 Å². The lowest BCUT2D eigenvalue weighted by atomic mass is 9.90. The Balaban J connectivity index is 2.29. The molecule has 0 aromatic rings. The quantitative estimate of drug-likeness (QED) is 0.556. The maximum Gasteiger partial charge on any atom is 0.248 e. The lowest BCUT2D eigenvalue weighted by Gasteiger charge is -2.23. The van der Waals surface area contributed by atoms with Crippen LogP contribution in [-0.2, 0) is 4.79 Å². The molecule has 1 unspecified atom stereocenters. The second-order valence-corrected chi connectivity index (χ2v) is 4.13. The van der Waals surface area contributed by atoms with Crippen molar-refractivity contribution in [1.29, 1.82) is 0 Å². The van der Waals surface area contributed by atoms with Crippen LogP contribution in [-0.4, -0.2) is 36.8 Å². The van der Waals surface area contributed by atoms with Crippen molar-refractivity contribution in [2.75, 3.05) is 19.6 Å². The number of nitrogens with one attached hydrogen (secondary N) is 2. The first kappa shape index (κ1) is 10.5. The molecule has 1 rings (SSSR count). The van der Waals surface area contributed by atoms with Gasteiger partial charge in [-0.05, 0) is 25.3 Å². The molecule has 4 nitrogen and oxygen atoms in total. The van der Waals surface area contributed by atoms with E-state index in [-0.39, 0.29) is 11.3 Å². The average molecular weight is 186 g/mol. The minimum Gasteiger partial charge on any atom is -0.384 e. The molecule has 0 aromatic heterocycles. The van der Waals surface area contributed by atoms with Crippen LogP contribution in [0.4, 0.5) is 0 Å². The van der Waals surface area contributed by atoms with Gasteiger partial charge < -0.3 is 15.7 Å². The summed E-state index contributed by atoms with van der Waals surface area (Å²) < 4.78 is 0. The molecule has 1 fully saturated rings. The highest BCUT2D eigenvalue weighted by molar-refractivity contribution is 5.79. The fraction of sp³-hybridized carbons (Fsp3) is 0.889. The summed E-state index contributed by atoms with van der Waals surface area (Å²) in [6.07, 6.45) is 0.172. The summed E-state index contributed by atoms with van der Waals surface area (Å²) in [5.41, 5.74) is 0.157. The molecular formula is C9H18N2O2. The van der Waals surface area contributed by atoms with Gasteiger partial charge in [0.2, 0.25) is 5.91 Å². The summed E-state index contributed by atoms with van der Waals surface area (Å²) in [5, 5.41) is 14.9. The standard InChI is InChI=1S/C9H18N2O2/c1-7(12)8(13)11-6-9(2)3-4-10-5-9/h7,10,12H,3-6H2,1-2H3,(H,11,13)/t7-,9?/m0/s1. The van der Waals surface area contributed by atoms with Gasteiger partial charge in [0.1, 0.15) is 6.10 Å². The Kier molecular flexibility index (Phi) is 3.27. The maximum atomic E-state index is 11.1. The molecule has 1 amide bonds. The van der Waals surface area contributed by atoms with E-state index >= 15 is 0 Å². The highest BCUT2D eigenvalue weighted by Gasteiger charge is 2.29. The molecule has 0 saturated carbocycles. The minimum absolute atomic E-state index is 0.157. The molecule has 1 heterocycles. The lowest BCUT2D eigenvalue weighted by Crippen LogP contribution is -2.40. The van der Waals surface area contributed by atoms with Gasteiger partial charge in [0, 0.05) is 13.1 Å². The number of aliphatic hydroxyl groups excluding tert-OH is 1. The lowest BCUT2D eigenvalue weighted by molar-refractivity contribution is -0.128. The van der Waals surface area contributed by atoms with E-state index in [2.05, 4.69) is 17.6 Å². The minimum atomic E-state index is -0.905. The summed E-state index contributed by atoms with van der Waals surface area (Å²) in [5.74, 6) is -0.284. The van der Waals surface area contributed by atoms with Crippen LogP contribution >= 0.6 is 0 Å². The number of carbonyl (C=O) groups is 1. The van der Waals surface area contributed by atoms with Gasteiger partial charge in [0.05, 0.1) is 0 Å². The molecular weight excluding hydrogens is 168 g/mol. The number of carbonyl (C=O) groups excluding carboxylic acids is 1. The molecule has 13 heavy (non-hydrogen) atoms. The van der Waals surface area contributed by atoms with Crippen LogP contribution in [0.25, 0.3) is 0 Å². The Hall–Kier alpha value is -0.610. The van der Waals surface area contributed by atoms with Crippen molar-refractivity contribution in [1.82, 2.24) is 10.6 Å². The zero-order chi connectivity index (χ0) is 9.90. The van der Waals surface area contributed by atoms with Crippen LogP contribution in [0.5, 0.6) is 0 Å². The van der Waals surface area contributed by atoms with E-state index in [9.17, 15) is 4.79 Å². The van der Waals surface area contributed by atoms with Gasteiger partial charge in [-0.1, -0.05) is 6.92 Å². The zero-order valence-corrected chi connectivity index (χ0v) is 8.26. The van der Waals surface area contributed by atoms with E-state index in [1.54, 1.807) is 0 Å². The fourth-order valence-corrected chi connectivity index (χ4v) is 1.47. The molecule has 0 bridgehead atoms. The first-order chi connectivity index (χ1) is 6.03. The van der Waals surface area contributed by atoms with Gasteiger partial charge in [0.25, 0.3) is 0 Å². The molecule has 4 heteroatoms. The summed E-state index contributed by atoms with van der Waals surface area (Å²) in [6.45, 7) is 6.21. The molecule has 0 radical (unpaired) electrons. The average Bonchev–Trinajstić information content (AvgIpc) is 2.48. The Labute approximate surface area is 78.7 Å².